The molecule has 2 rings (SSSR count). The fourth-order valence-electron chi connectivity index (χ4n) is 2.00. The molecule has 1 fully saturated rings. The van der Waals surface area contributed by atoms with Crippen molar-refractivity contribution >= 4 is 0 Å². The van der Waals surface area contributed by atoms with E-state index in [0.717, 1.165) is 6.42 Å². The summed E-state index contributed by atoms with van der Waals surface area (Å²) in [6.07, 6.45) is 0.837. The van der Waals surface area contributed by atoms with Crippen LogP contribution >= 0.6 is 0 Å². The van der Waals surface area contributed by atoms with Crippen LogP contribution in [0.4, 0.5) is 0 Å². The van der Waals surface area contributed by atoms with Gasteiger partial charge in [0, 0.05) is 6.61 Å². The molecule has 3 N–H and O–H groups in total. The fraction of sp³-hybridized carbons (Fsp3) is 0.818. The van der Waals surface area contributed by atoms with Crippen LogP contribution in [-0.2, 0) is 4.74 Å². The molecule has 1 unspecified atom stereocenters. The summed E-state index contributed by atoms with van der Waals surface area (Å²) in [5.41, 5.74) is 5.84. The first-order valence-corrected chi connectivity index (χ1v) is 5.91. The van der Waals surface area contributed by atoms with Crippen molar-refractivity contribution < 1.29 is 4.74 Å². The lowest BCUT2D eigenvalue weighted by Crippen LogP contribution is -2.33. The number of rotatable bonds is 2. The Hall–Kier alpha value is -1.14. The monoisotopic (exact) mass is 240 g/mol. The van der Waals surface area contributed by atoms with Crippen LogP contribution in [0.1, 0.15) is 45.1 Å². The van der Waals surface area contributed by atoms with Crippen LogP contribution in [0, 0.1) is 5.41 Å². The molecule has 0 aliphatic carbocycles. The normalized spacial score (nSPS) is 22.9. The number of nitrogens with one attached hydrogen (secondary N) is 1. The van der Waals surface area contributed by atoms with E-state index in [1.807, 2.05) is 20.8 Å². The molecule has 0 aromatic carbocycles. The lowest BCUT2D eigenvalue weighted by Gasteiger charge is -2.27. The van der Waals surface area contributed by atoms with Gasteiger partial charge >= 0.3 is 5.69 Å². The number of hydrogen-bond donors (Lipinski definition) is 2. The van der Waals surface area contributed by atoms with Crippen LogP contribution in [0.15, 0.2) is 4.79 Å². The molecule has 0 bridgehead atoms. The van der Waals surface area contributed by atoms with E-state index in [1.54, 1.807) is 4.57 Å². The molecule has 6 heteroatoms. The zero-order chi connectivity index (χ0) is 12.6. The minimum Gasteiger partial charge on any atom is -0.379 e. The van der Waals surface area contributed by atoms with E-state index in [9.17, 15) is 4.79 Å². The van der Waals surface area contributed by atoms with Crippen molar-refractivity contribution in [3.8, 4) is 0 Å². The predicted molar refractivity (Wildman–Crippen MR) is 63.7 cm³/mol. The Labute approximate surface area is 100 Å². The van der Waals surface area contributed by atoms with Crippen molar-refractivity contribution in [1.29, 1.82) is 0 Å². The fourth-order valence-corrected chi connectivity index (χ4v) is 2.00. The quantitative estimate of drug-likeness (QED) is 0.791. The Kier molecular flexibility index (Phi) is 3.09. The molecule has 1 saturated heterocycles. The Morgan fingerprint density at radius 1 is 1.59 bits per heavy atom. The van der Waals surface area contributed by atoms with Crippen LogP contribution in [0.25, 0.3) is 0 Å². The molecule has 0 radical (unpaired) electrons. The second-order valence-electron chi connectivity index (χ2n) is 5.62. The van der Waals surface area contributed by atoms with Crippen LogP contribution in [0.5, 0.6) is 0 Å². The molecular formula is C11H20N4O2. The van der Waals surface area contributed by atoms with E-state index in [1.165, 1.54) is 0 Å². The van der Waals surface area contributed by atoms with Gasteiger partial charge in [-0.2, -0.15) is 5.10 Å². The summed E-state index contributed by atoms with van der Waals surface area (Å²) in [5.74, 6) is 0.623. The summed E-state index contributed by atoms with van der Waals surface area (Å²) < 4.78 is 6.97. The third-order valence-electron chi connectivity index (χ3n) is 3.21. The first kappa shape index (κ1) is 12.3. The van der Waals surface area contributed by atoms with E-state index in [4.69, 9.17) is 10.5 Å². The summed E-state index contributed by atoms with van der Waals surface area (Å²) in [4.78, 5) is 11.8. The standard InChI is InChI=1S/C11H20N4O2/c1-11(2,3)8(12)9-13-14-10(16)15(9)7-4-5-17-6-7/h7-8H,4-6,12H2,1-3H3,(H,14,16)/t7?,8-/m1/s1. The Morgan fingerprint density at radius 2 is 2.29 bits per heavy atom. The molecule has 1 aromatic rings. The van der Waals surface area contributed by atoms with Gasteiger partial charge in [-0.15, -0.1) is 0 Å². The third-order valence-corrected chi connectivity index (χ3v) is 3.21. The zero-order valence-electron chi connectivity index (χ0n) is 10.6. The lowest BCUT2D eigenvalue weighted by atomic mass is 9.87. The van der Waals surface area contributed by atoms with Gasteiger partial charge in [-0.1, -0.05) is 20.8 Å². The number of aromatic nitrogens is 3. The van der Waals surface area contributed by atoms with E-state index in [-0.39, 0.29) is 23.2 Å². The molecule has 1 aliphatic rings. The van der Waals surface area contributed by atoms with Crippen LogP contribution in [0.3, 0.4) is 0 Å². The molecule has 6 nitrogen and oxygen atoms in total. The largest absolute Gasteiger partial charge is 0.379 e. The maximum atomic E-state index is 11.8. The highest BCUT2D eigenvalue weighted by atomic mass is 16.5. The summed E-state index contributed by atoms with van der Waals surface area (Å²) >= 11 is 0. The van der Waals surface area contributed by atoms with Crippen molar-refractivity contribution in [3.63, 3.8) is 0 Å². The molecule has 17 heavy (non-hydrogen) atoms. The summed E-state index contributed by atoms with van der Waals surface area (Å²) in [6, 6.07) is -0.216. The van der Waals surface area contributed by atoms with Crippen molar-refractivity contribution in [1.82, 2.24) is 14.8 Å². The first-order chi connectivity index (χ1) is 7.91. The van der Waals surface area contributed by atoms with Gasteiger partial charge < -0.3 is 10.5 Å². The summed E-state index contributed by atoms with van der Waals surface area (Å²) in [6.45, 7) is 7.35. The molecule has 1 aliphatic heterocycles. The molecule has 0 amide bonds. The molecule has 2 heterocycles. The van der Waals surface area contributed by atoms with Crippen molar-refractivity contribution in [3.05, 3.63) is 16.3 Å². The zero-order valence-corrected chi connectivity index (χ0v) is 10.6. The minimum absolute atomic E-state index is 0.0599. The maximum absolute atomic E-state index is 11.8. The number of aromatic amines is 1. The number of hydrogen-bond acceptors (Lipinski definition) is 4. The van der Waals surface area contributed by atoms with Crippen molar-refractivity contribution in [2.24, 2.45) is 11.1 Å². The average molecular weight is 240 g/mol. The van der Waals surface area contributed by atoms with E-state index in [2.05, 4.69) is 10.2 Å². The maximum Gasteiger partial charge on any atom is 0.343 e. The van der Waals surface area contributed by atoms with E-state index in [0.29, 0.717) is 19.0 Å². The molecular weight excluding hydrogens is 220 g/mol. The second-order valence-corrected chi connectivity index (χ2v) is 5.62. The Bertz CT molecular complexity index is 437. The summed E-state index contributed by atoms with van der Waals surface area (Å²) in [7, 11) is 0. The molecule has 0 saturated carbocycles. The highest BCUT2D eigenvalue weighted by molar-refractivity contribution is 5.01. The predicted octanol–water partition coefficient (Wildman–Crippen LogP) is 0.579. The molecule has 1 aromatic heterocycles. The van der Waals surface area contributed by atoms with Gasteiger partial charge in [0.25, 0.3) is 0 Å². The highest BCUT2D eigenvalue weighted by Crippen LogP contribution is 2.30. The van der Waals surface area contributed by atoms with Gasteiger partial charge in [0.1, 0.15) is 0 Å². The first-order valence-electron chi connectivity index (χ1n) is 5.91. The smallest absolute Gasteiger partial charge is 0.343 e. The van der Waals surface area contributed by atoms with Gasteiger partial charge in [-0.25, -0.2) is 9.89 Å². The third kappa shape index (κ3) is 2.28. The molecule has 2 atom stereocenters. The second kappa shape index (κ2) is 4.27. The number of nitrogens with zero attached hydrogens (tertiary/aromatic N) is 2. The van der Waals surface area contributed by atoms with Crippen LogP contribution in [-0.4, -0.2) is 28.0 Å². The number of nitrogens with two attached hydrogens (primary N) is 1. The molecule has 96 valence electrons. The van der Waals surface area contributed by atoms with Crippen LogP contribution < -0.4 is 11.4 Å². The van der Waals surface area contributed by atoms with Gasteiger partial charge in [-0.05, 0) is 11.8 Å². The van der Waals surface area contributed by atoms with Gasteiger partial charge in [0.15, 0.2) is 5.82 Å². The highest BCUT2D eigenvalue weighted by Gasteiger charge is 2.31. The lowest BCUT2D eigenvalue weighted by molar-refractivity contribution is 0.184. The number of H-pyrrole nitrogens is 1. The minimum atomic E-state index is -0.276. The summed E-state index contributed by atoms with van der Waals surface area (Å²) in [5, 5.41) is 6.56. The van der Waals surface area contributed by atoms with Gasteiger partial charge in [0.2, 0.25) is 0 Å². The van der Waals surface area contributed by atoms with E-state index >= 15 is 0 Å². The average Bonchev–Trinajstić information content (AvgIpc) is 2.83. The Morgan fingerprint density at radius 3 is 2.82 bits per heavy atom. The molecule has 0 spiro atoms. The topological polar surface area (TPSA) is 85.9 Å². The van der Waals surface area contributed by atoms with Crippen molar-refractivity contribution in [2.75, 3.05) is 13.2 Å². The van der Waals surface area contributed by atoms with Crippen LogP contribution in [0.2, 0.25) is 0 Å². The van der Waals surface area contributed by atoms with Gasteiger partial charge in [0.05, 0.1) is 18.7 Å². The van der Waals surface area contributed by atoms with Gasteiger partial charge in [-0.3, -0.25) is 4.57 Å². The SMILES string of the molecule is CC(C)(C)[C@H](N)c1n[nH]c(=O)n1C1CCOC1. The van der Waals surface area contributed by atoms with E-state index < -0.39 is 0 Å². The Balaban J connectivity index is 2.38. The van der Waals surface area contributed by atoms with Crippen molar-refractivity contribution in [2.45, 2.75) is 39.3 Å². The number of ether oxygens (including phenoxy) is 1.